The first-order chi connectivity index (χ1) is 10.2. The van der Waals surface area contributed by atoms with E-state index in [1.54, 1.807) is 6.07 Å². The van der Waals surface area contributed by atoms with Crippen molar-refractivity contribution in [3.05, 3.63) is 57.8 Å². The van der Waals surface area contributed by atoms with Gasteiger partial charge in [0.1, 0.15) is 11.6 Å². The quantitative estimate of drug-likeness (QED) is 0.910. The van der Waals surface area contributed by atoms with Crippen LogP contribution in [-0.4, -0.2) is 17.7 Å². The minimum absolute atomic E-state index is 0.175. The fourth-order valence-electron chi connectivity index (χ4n) is 2.98. The molecule has 4 nitrogen and oxygen atoms in total. The SMILES string of the molecule is O=c1cc(C2CCNC(CCc3ccc(F)cc3)C2)o[nH]1. The third-order valence-corrected chi connectivity index (χ3v) is 4.13. The molecule has 5 heteroatoms. The zero-order valence-electron chi connectivity index (χ0n) is 11.8. The van der Waals surface area contributed by atoms with Crippen LogP contribution in [0.1, 0.15) is 36.5 Å². The molecule has 2 unspecified atom stereocenters. The van der Waals surface area contributed by atoms with Crippen LogP contribution in [0.2, 0.25) is 0 Å². The first kappa shape index (κ1) is 14.1. The number of H-pyrrole nitrogens is 1. The number of benzene rings is 1. The molecular formula is C16H19FN2O2. The Morgan fingerprint density at radius 3 is 2.81 bits per heavy atom. The molecule has 0 saturated carbocycles. The largest absolute Gasteiger partial charge is 0.383 e. The molecule has 0 aliphatic carbocycles. The molecule has 0 amide bonds. The molecule has 21 heavy (non-hydrogen) atoms. The minimum atomic E-state index is -0.197. The maximum absolute atomic E-state index is 12.9. The summed E-state index contributed by atoms with van der Waals surface area (Å²) < 4.78 is 18.1. The molecule has 2 heterocycles. The van der Waals surface area contributed by atoms with Crippen LogP contribution in [0.15, 0.2) is 39.6 Å². The monoisotopic (exact) mass is 290 g/mol. The van der Waals surface area contributed by atoms with Gasteiger partial charge in [0, 0.05) is 18.0 Å². The lowest BCUT2D eigenvalue weighted by atomic mass is 9.88. The maximum Gasteiger partial charge on any atom is 0.280 e. The van der Waals surface area contributed by atoms with Gasteiger partial charge in [0.15, 0.2) is 0 Å². The molecular weight excluding hydrogens is 271 g/mol. The van der Waals surface area contributed by atoms with Crippen molar-refractivity contribution in [2.24, 2.45) is 0 Å². The van der Waals surface area contributed by atoms with Crippen LogP contribution in [-0.2, 0) is 6.42 Å². The van der Waals surface area contributed by atoms with Crippen molar-refractivity contribution in [1.82, 2.24) is 10.5 Å². The first-order valence-electron chi connectivity index (χ1n) is 7.37. The van der Waals surface area contributed by atoms with E-state index in [0.29, 0.717) is 12.0 Å². The molecule has 3 rings (SSSR count). The number of piperidine rings is 1. The summed E-state index contributed by atoms with van der Waals surface area (Å²) >= 11 is 0. The van der Waals surface area contributed by atoms with E-state index in [2.05, 4.69) is 10.5 Å². The second kappa shape index (κ2) is 6.26. The first-order valence-corrected chi connectivity index (χ1v) is 7.37. The molecule has 2 atom stereocenters. The standard InChI is InChI=1S/C16H19FN2O2/c17-13-4-1-11(2-5-13)3-6-14-9-12(7-8-18-14)15-10-16(20)19-21-15/h1-2,4-5,10,12,14,18H,3,6-9H2,(H,19,20). The molecule has 2 N–H and O–H groups in total. The van der Waals surface area contributed by atoms with Gasteiger partial charge in [-0.05, 0) is 49.9 Å². The Bertz CT molecular complexity index is 632. The fraction of sp³-hybridized carbons (Fsp3) is 0.438. The van der Waals surface area contributed by atoms with Crippen molar-refractivity contribution in [2.45, 2.75) is 37.6 Å². The Balaban J connectivity index is 1.56. The molecule has 0 radical (unpaired) electrons. The van der Waals surface area contributed by atoms with E-state index in [4.69, 9.17) is 4.52 Å². The predicted molar refractivity (Wildman–Crippen MR) is 77.8 cm³/mol. The van der Waals surface area contributed by atoms with Gasteiger partial charge in [0.05, 0.1) is 0 Å². The predicted octanol–water partition coefficient (Wildman–Crippen LogP) is 2.58. The van der Waals surface area contributed by atoms with Gasteiger partial charge in [0.2, 0.25) is 0 Å². The normalized spacial score (nSPS) is 22.3. The van der Waals surface area contributed by atoms with Crippen LogP contribution in [0.3, 0.4) is 0 Å². The molecule has 2 aromatic rings. The second-order valence-electron chi connectivity index (χ2n) is 5.65. The number of nitrogens with one attached hydrogen (secondary N) is 2. The molecule has 112 valence electrons. The van der Waals surface area contributed by atoms with Gasteiger partial charge in [-0.15, -0.1) is 0 Å². The Morgan fingerprint density at radius 1 is 1.29 bits per heavy atom. The average Bonchev–Trinajstić information content (AvgIpc) is 2.94. The third-order valence-electron chi connectivity index (χ3n) is 4.13. The molecule has 1 aliphatic rings. The number of hydrogen-bond acceptors (Lipinski definition) is 3. The minimum Gasteiger partial charge on any atom is -0.383 e. The number of aromatic nitrogens is 1. The molecule has 1 aliphatic heterocycles. The summed E-state index contributed by atoms with van der Waals surface area (Å²) in [5.74, 6) is 0.855. The highest BCUT2D eigenvalue weighted by molar-refractivity contribution is 5.16. The van der Waals surface area contributed by atoms with Crippen molar-refractivity contribution in [3.8, 4) is 0 Å². The highest BCUT2D eigenvalue weighted by atomic mass is 19.1. The van der Waals surface area contributed by atoms with E-state index in [0.717, 1.165) is 43.6 Å². The summed E-state index contributed by atoms with van der Waals surface area (Å²) in [7, 11) is 0. The zero-order chi connectivity index (χ0) is 14.7. The highest BCUT2D eigenvalue weighted by Gasteiger charge is 2.25. The van der Waals surface area contributed by atoms with E-state index >= 15 is 0 Å². The van der Waals surface area contributed by atoms with Gasteiger partial charge >= 0.3 is 0 Å². The molecule has 1 aromatic heterocycles. The number of hydrogen-bond donors (Lipinski definition) is 2. The van der Waals surface area contributed by atoms with Crippen LogP contribution in [0.4, 0.5) is 4.39 Å². The lowest BCUT2D eigenvalue weighted by molar-refractivity contribution is 0.287. The third kappa shape index (κ3) is 3.61. The summed E-state index contributed by atoms with van der Waals surface area (Å²) in [6.45, 7) is 0.924. The number of aromatic amines is 1. The van der Waals surface area contributed by atoms with Crippen molar-refractivity contribution in [2.75, 3.05) is 6.54 Å². The Labute approximate surface area is 122 Å². The van der Waals surface area contributed by atoms with Crippen LogP contribution in [0, 0.1) is 5.82 Å². The van der Waals surface area contributed by atoms with Gasteiger partial charge in [-0.2, -0.15) is 5.16 Å². The van der Waals surface area contributed by atoms with E-state index < -0.39 is 0 Å². The maximum atomic E-state index is 12.9. The zero-order valence-corrected chi connectivity index (χ0v) is 11.8. The molecule has 1 aromatic carbocycles. The fourth-order valence-corrected chi connectivity index (χ4v) is 2.98. The smallest absolute Gasteiger partial charge is 0.280 e. The van der Waals surface area contributed by atoms with E-state index in [1.165, 1.54) is 12.1 Å². The molecule has 1 fully saturated rings. The van der Waals surface area contributed by atoms with Crippen LogP contribution in [0.25, 0.3) is 0 Å². The van der Waals surface area contributed by atoms with Crippen LogP contribution in [0.5, 0.6) is 0 Å². The van der Waals surface area contributed by atoms with Crippen molar-refractivity contribution in [3.63, 3.8) is 0 Å². The van der Waals surface area contributed by atoms with Crippen molar-refractivity contribution in [1.29, 1.82) is 0 Å². The number of halogens is 1. The van der Waals surface area contributed by atoms with E-state index in [9.17, 15) is 9.18 Å². The molecule has 0 bridgehead atoms. The molecule has 0 spiro atoms. The summed E-state index contributed by atoms with van der Waals surface area (Å²) in [5, 5.41) is 5.86. The van der Waals surface area contributed by atoms with Gasteiger partial charge in [-0.1, -0.05) is 12.1 Å². The van der Waals surface area contributed by atoms with Crippen LogP contribution < -0.4 is 10.9 Å². The van der Waals surface area contributed by atoms with Gasteiger partial charge in [0.25, 0.3) is 5.56 Å². The highest BCUT2D eigenvalue weighted by Crippen LogP contribution is 2.28. The van der Waals surface area contributed by atoms with Crippen molar-refractivity contribution < 1.29 is 8.91 Å². The average molecular weight is 290 g/mol. The lowest BCUT2D eigenvalue weighted by Gasteiger charge is -2.29. The number of rotatable bonds is 4. The lowest BCUT2D eigenvalue weighted by Crippen LogP contribution is -2.37. The summed E-state index contributed by atoms with van der Waals surface area (Å²) in [5.41, 5.74) is 0.972. The van der Waals surface area contributed by atoms with E-state index in [-0.39, 0.29) is 11.4 Å². The number of aryl methyl sites for hydroxylation is 1. The van der Waals surface area contributed by atoms with Crippen LogP contribution >= 0.6 is 0 Å². The summed E-state index contributed by atoms with van der Waals surface area (Å²) in [4.78, 5) is 11.2. The summed E-state index contributed by atoms with van der Waals surface area (Å²) in [6.07, 6.45) is 3.86. The Hall–Kier alpha value is -1.88. The van der Waals surface area contributed by atoms with Crippen molar-refractivity contribution >= 4 is 0 Å². The molecule has 1 saturated heterocycles. The second-order valence-corrected chi connectivity index (χ2v) is 5.65. The van der Waals surface area contributed by atoms with Gasteiger partial charge < -0.3 is 9.84 Å². The van der Waals surface area contributed by atoms with Gasteiger partial charge in [-0.3, -0.25) is 4.79 Å². The van der Waals surface area contributed by atoms with E-state index in [1.807, 2.05) is 12.1 Å². The Morgan fingerprint density at radius 2 is 2.10 bits per heavy atom. The Kier molecular flexibility index (Phi) is 4.20. The topological polar surface area (TPSA) is 58.0 Å². The summed E-state index contributed by atoms with van der Waals surface area (Å²) in [6, 6.07) is 8.62. The van der Waals surface area contributed by atoms with Gasteiger partial charge in [-0.25, -0.2) is 4.39 Å².